The first-order valence-electron chi connectivity index (χ1n) is 7.35. The van der Waals surface area contributed by atoms with Crippen LogP contribution in [0.3, 0.4) is 0 Å². The Balaban J connectivity index is 2.25. The first kappa shape index (κ1) is 16.4. The maximum absolute atomic E-state index is 10.8. The molecule has 1 aromatic rings. The Morgan fingerprint density at radius 1 is 1.30 bits per heavy atom. The summed E-state index contributed by atoms with van der Waals surface area (Å²) in [6, 6.07) is 1.51. The van der Waals surface area contributed by atoms with Crippen LogP contribution in [-0.4, -0.2) is 16.5 Å². The maximum atomic E-state index is 10.8. The topological polar surface area (TPSA) is 68.1 Å². The van der Waals surface area contributed by atoms with Crippen molar-refractivity contribution in [2.45, 2.75) is 52.9 Å². The lowest BCUT2D eigenvalue weighted by molar-refractivity contribution is -0.385. The number of rotatable bonds is 9. The Kier molecular flexibility index (Phi) is 6.98. The zero-order valence-electron chi connectivity index (χ0n) is 12.7. The summed E-state index contributed by atoms with van der Waals surface area (Å²) >= 11 is 0. The van der Waals surface area contributed by atoms with Crippen LogP contribution in [0.25, 0.3) is 0 Å². The van der Waals surface area contributed by atoms with Crippen LogP contribution in [0, 0.1) is 23.0 Å². The Morgan fingerprint density at radius 3 is 2.65 bits per heavy atom. The lowest BCUT2D eigenvalue weighted by Crippen LogP contribution is -2.04. The number of hydrogen-bond donors (Lipinski definition) is 1. The van der Waals surface area contributed by atoms with Gasteiger partial charge in [-0.25, -0.2) is 4.98 Å². The number of aryl methyl sites for hydroxylation is 1. The first-order valence-corrected chi connectivity index (χ1v) is 7.35. The van der Waals surface area contributed by atoms with Gasteiger partial charge in [0, 0.05) is 18.3 Å². The zero-order valence-corrected chi connectivity index (χ0v) is 12.7. The number of pyridine rings is 1. The smallest absolute Gasteiger partial charge is 0.277 e. The van der Waals surface area contributed by atoms with Gasteiger partial charge in [-0.1, -0.05) is 39.5 Å². The molecule has 0 aliphatic heterocycles. The average Bonchev–Trinajstić information content (AvgIpc) is 2.38. The summed E-state index contributed by atoms with van der Waals surface area (Å²) in [7, 11) is 0. The molecule has 1 N–H and O–H groups in total. The third-order valence-electron chi connectivity index (χ3n) is 3.29. The summed E-state index contributed by atoms with van der Waals surface area (Å²) in [5.41, 5.74) is 0.716. The minimum Gasteiger partial charge on any atom is -0.370 e. The van der Waals surface area contributed by atoms with Crippen molar-refractivity contribution in [3.63, 3.8) is 0 Å². The van der Waals surface area contributed by atoms with Crippen LogP contribution < -0.4 is 5.32 Å². The van der Waals surface area contributed by atoms with E-state index in [1.54, 1.807) is 13.1 Å². The van der Waals surface area contributed by atoms with Crippen LogP contribution >= 0.6 is 0 Å². The minimum atomic E-state index is -0.367. The largest absolute Gasteiger partial charge is 0.370 e. The molecule has 1 aromatic heterocycles. The lowest BCUT2D eigenvalue weighted by Gasteiger charge is -2.07. The Morgan fingerprint density at radius 2 is 2.00 bits per heavy atom. The molecule has 1 heterocycles. The zero-order chi connectivity index (χ0) is 15.0. The van der Waals surface area contributed by atoms with E-state index in [9.17, 15) is 10.1 Å². The number of nitrogens with one attached hydrogen (secondary N) is 1. The van der Waals surface area contributed by atoms with Gasteiger partial charge in [-0.05, 0) is 19.3 Å². The van der Waals surface area contributed by atoms with Crippen molar-refractivity contribution in [2.24, 2.45) is 5.92 Å². The number of unbranched alkanes of at least 4 members (excludes halogenated alkanes) is 3. The van der Waals surface area contributed by atoms with Crippen molar-refractivity contribution < 1.29 is 4.92 Å². The molecule has 0 bridgehead atoms. The monoisotopic (exact) mass is 279 g/mol. The fourth-order valence-corrected chi connectivity index (χ4v) is 2.05. The number of aromatic nitrogens is 1. The highest BCUT2D eigenvalue weighted by Gasteiger charge is 2.11. The predicted octanol–water partition coefficient (Wildman–Crippen LogP) is 4.32. The van der Waals surface area contributed by atoms with Gasteiger partial charge in [-0.3, -0.25) is 10.1 Å². The molecule has 0 unspecified atom stereocenters. The standard InChI is InChI=1S/C15H25N3O2/c1-12(2)8-6-4-5-7-9-16-15-10-14(18(19)20)13(3)11-17-15/h10-12H,4-9H2,1-3H3,(H,16,17). The second kappa shape index (κ2) is 8.51. The van der Waals surface area contributed by atoms with Crippen molar-refractivity contribution >= 4 is 11.5 Å². The summed E-state index contributed by atoms with van der Waals surface area (Å²) in [5, 5.41) is 14.0. The molecule has 0 saturated heterocycles. The highest BCUT2D eigenvalue weighted by Crippen LogP contribution is 2.19. The van der Waals surface area contributed by atoms with Gasteiger partial charge in [0.25, 0.3) is 5.69 Å². The molecule has 20 heavy (non-hydrogen) atoms. The molecule has 1 rings (SSSR count). The summed E-state index contributed by atoms with van der Waals surface area (Å²) in [5.74, 6) is 1.37. The SMILES string of the molecule is Cc1cnc(NCCCCCCC(C)C)cc1[N+](=O)[O-]. The Labute approximate surface area is 121 Å². The van der Waals surface area contributed by atoms with Crippen LogP contribution in [0.15, 0.2) is 12.3 Å². The van der Waals surface area contributed by atoms with Gasteiger partial charge in [-0.2, -0.15) is 0 Å². The van der Waals surface area contributed by atoms with E-state index in [0.29, 0.717) is 11.4 Å². The fourth-order valence-electron chi connectivity index (χ4n) is 2.05. The van der Waals surface area contributed by atoms with Crippen molar-refractivity contribution in [2.75, 3.05) is 11.9 Å². The number of nitrogens with zero attached hydrogens (tertiary/aromatic N) is 2. The quantitative estimate of drug-likeness (QED) is 0.415. The van der Waals surface area contributed by atoms with Gasteiger partial charge in [-0.15, -0.1) is 0 Å². The van der Waals surface area contributed by atoms with Crippen LogP contribution in [0.1, 0.15) is 51.5 Å². The van der Waals surface area contributed by atoms with Gasteiger partial charge in [0.05, 0.1) is 11.0 Å². The summed E-state index contributed by atoms with van der Waals surface area (Å²) in [6.07, 6.45) is 7.63. The number of hydrogen-bond acceptors (Lipinski definition) is 4. The summed E-state index contributed by atoms with van der Waals surface area (Å²) in [4.78, 5) is 14.6. The van der Waals surface area contributed by atoms with E-state index in [4.69, 9.17) is 0 Å². The molecule has 0 radical (unpaired) electrons. The van der Waals surface area contributed by atoms with E-state index >= 15 is 0 Å². The Hall–Kier alpha value is -1.65. The van der Waals surface area contributed by atoms with Crippen LogP contribution in [0.2, 0.25) is 0 Å². The molecule has 112 valence electrons. The molecule has 5 nitrogen and oxygen atoms in total. The third-order valence-corrected chi connectivity index (χ3v) is 3.29. The van der Waals surface area contributed by atoms with E-state index in [2.05, 4.69) is 24.1 Å². The number of nitro groups is 1. The van der Waals surface area contributed by atoms with Gasteiger partial charge in [0.1, 0.15) is 5.82 Å². The van der Waals surface area contributed by atoms with Crippen LogP contribution in [-0.2, 0) is 0 Å². The van der Waals surface area contributed by atoms with Crippen LogP contribution in [0.5, 0.6) is 0 Å². The third kappa shape index (κ3) is 5.99. The van der Waals surface area contributed by atoms with Crippen molar-refractivity contribution in [1.82, 2.24) is 4.98 Å². The highest BCUT2D eigenvalue weighted by atomic mass is 16.6. The predicted molar refractivity (Wildman–Crippen MR) is 82.0 cm³/mol. The van der Waals surface area contributed by atoms with Crippen LogP contribution in [0.4, 0.5) is 11.5 Å². The van der Waals surface area contributed by atoms with Gasteiger partial charge < -0.3 is 5.32 Å². The fraction of sp³-hybridized carbons (Fsp3) is 0.667. The highest BCUT2D eigenvalue weighted by molar-refractivity contribution is 5.48. The van der Waals surface area contributed by atoms with Gasteiger partial charge >= 0.3 is 0 Å². The molecule has 0 aliphatic carbocycles. The molecule has 0 aliphatic rings. The second-order valence-electron chi connectivity index (χ2n) is 5.64. The van der Waals surface area contributed by atoms with Gasteiger partial charge in [0.2, 0.25) is 0 Å². The van der Waals surface area contributed by atoms with E-state index in [1.165, 1.54) is 31.7 Å². The molecule has 0 aromatic carbocycles. The van der Waals surface area contributed by atoms with E-state index < -0.39 is 0 Å². The van der Waals surface area contributed by atoms with E-state index in [-0.39, 0.29) is 10.6 Å². The molecule has 0 spiro atoms. The molecular weight excluding hydrogens is 254 g/mol. The van der Waals surface area contributed by atoms with E-state index in [0.717, 1.165) is 18.9 Å². The summed E-state index contributed by atoms with van der Waals surface area (Å²) < 4.78 is 0. The lowest BCUT2D eigenvalue weighted by atomic mass is 10.0. The minimum absolute atomic E-state index is 0.124. The molecular formula is C15H25N3O2. The van der Waals surface area contributed by atoms with Gasteiger partial charge in [0.15, 0.2) is 0 Å². The van der Waals surface area contributed by atoms with Crippen molar-refractivity contribution in [1.29, 1.82) is 0 Å². The number of anilines is 1. The maximum Gasteiger partial charge on any atom is 0.277 e. The molecule has 0 amide bonds. The molecule has 0 fully saturated rings. The second-order valence-corrected chi connectivity index (χ2v) is 5.64. The molecule has 0 saturated carbocycles. The van der Waals surface area contributed by atoms with E-state index in [1.807, 2.05) is 0 Å². The Bertz CT molecular complexity index is 433. The summed E-state index contributed by atoms with van der Waals surface area (Å²) in [6.45, 7) is 7.01. The first-order chi connectivity index (χ1) is 9.50. The molecule has 0 atom stereocenters. The average molecular weight is 279 g/mol. The van der Waals surface area contributed by atoms with Crippen molar-refractivity contribution in [3.05, 3.63) is 27.9 Å². The molecule has 5 heteroatoms. The normalized spacial score (nSPS) is 10.8. The van der Waals surface area contributed by atoms with Crippen molar-refractivity contribution in [3.8, 4) is 0 Å².